The van der Waals surface area contributed by atoms with Gasteiger partial charge in [0.1, 0.15) is 6.61 Å². The van der Waals surface area contributed by atoms with E-state index in [0.717, 1.165) is 0 Å². The first-order valence-electron chi connectivity index (χ1n) is 4.12. The van der Waals surface area contributed by atoms with Gasteiger partial charge in [0.2, 0.25) is 5.96 Å². The molecule has 0 aromatic rings. The predicted molar refractivity (Wildman–Crippen MR) is 45.4 cm³/mol. The fourth-order valence-electron chi connectivity index (χ4n) is 0.833. The van der Waals surface area contributed by atoms with Crippen LogP contribution in [0.15, 0.2) is 4.99 Å². The van der Waals surface area contributed by atoms with E-state index < -0.39 is 24.8 Å². The summed E-state index contributed by atoms with van der Waals surface area (Å²) in [5.74, 6) is -1.56. The van der Waals surface area contributed by atoms with Crippen molar-refractivity contribution in [3.63, 3.8) is 0 Å². The molecule has 0 atom stereocenters. The maximum Gasteiger partial charge on any atom is 0.316 e. The summed E-state index contributed by atoms with van der Waals surface area (Å²) < 4.78 is 27.7. The molecule has 0 bridgehead atoms. The number of guanidine groups is 1. The Morgan fingerprint density at radius 2 is 1.87 bits per heavy atom. The zero-order valence-electron chi connectivity index (χ0n) is 7.63. The summed E-state index contributed by atoms with van der Waals surface area (Å²) in [5.41, 5.74) is 0. The Balaban J connectivity index is 2.17. The highest BCUT2D eigenvalue weighted by Gasteiger charge is 2.24. The minimum atomic E-state index is -2.51. The van der Waals surface area contributed by atoms with Crippen molar-refractivity contribution in [3.05, 3.63) is 0 Å². The van der Waals surface area contributed by atoms with Crippen molar-refractivity contribution in [1.82, 2.24) is 10.6 Å². The lowest BCUT2D eigenvalue weighted by Crippen LogP contribution is -2.26. The highest BCUT2D eigenvalue weighted by molar-refractivity contribution is 6.45. The highest BCUT2D eigenvalue weighted by atomic mass is 19.3. The van der Waals surface area contributed by atoms with Crippen LogP contribution in [0, 0.1) is 0 Å². The maximum absolute atomic E-state index is 11.6. The number of halogens is 2. The predicted octanol–water partition coefficient (Wildman–Crippen LogP) is -1.13. The Labute approximate surface area is 83.7 Å². The summed E-state index contributed by atoms with van der Waals surface area (Å²) in [4.78, 5) is 25.0. The molecule has 1 saturated heterocycles. The number of nitrogens with one attached hydrogen (secondary N) is 2. The molecule has 1 aliphatic rings. The summed E-state index contributed by atoms with van der Waals surface area (Å²) in [6.45, 7) is -0.564. The Hall–Kier alpha value is -1.57. The smallest absolute Gasteiger partial charge is 0.316 e. The van der Waals surface area contributed by atoms with E-state index >= 15 is 0 Å². The zero-order chi connectivity index (χ0) is 11.3. The number of amides is 2. The van der Waals surface area contributed by atoms with Crippen LogP contribution in [0.3, 0.4) is 0 Å². The van der Waals surface area contributed by atoms with Crippen LogP contribution in [-0.4, -0.2) is 44.0 Å². The van der Waals surface area contributed by atoms with Crippen molar-refractivity contribution in [2.45, 2.75) is 6.43 Å². The van der Waals surface area contributed by atoms with Crippen LogP contribution in [0.25, 0.3) is 0 Å². The van der Waals surface area contributed by atoms with E-state index in [4.69, 9.17) is 0 Å². The average Bonchev–Trinajstić information content (AvgIpc) is 2.45. The number of rotatable bonds is 5. The monoisotopic (exact) mass is 221 g/mol. The minimum absolute atomic E-state index is 0.000416. The minimum Gasteiger partial charge on any atom is -0.374 e. The second-order valence-electron chi connectivity index (χ2n) is 2.60. The van der Waals surface area contributed by atoms with E-state index in [2.05, 4.69) is 20.4 Å². The van der Waals surface area contributed by atoms with E-state index in [0.29, 0.717) is 0 Å². The van der Waals surface area contributed by atoms with Gasteiger partial charge >= 0.3 is 11.8 Å². The largest absolute Gasteiger partial charge is 0.374 e. The van der Waals surface area contributed by atoms with E-state index in [1.807, 2.05) is 0 Å². The molecule has 0 aromatic carbocycles. The Morgan fingerprint density at radius 3 is 2.40 bits per heavy atom. The normalized spacial score (nSPS) is 15.5. The molecule has 0 spiro atoms. The lowest BCUT2D eigenvalue weighted by atomic mass is 10.6. The molecule has 84 valence electrons. The van der Waals surface area contributed by atoms with Crippen LogP contribution in [0.2, 0.25) is 0 Å². The van der Waals surface area contributed by atoms with Gasteiger partial charge in [-0.1, -0.05) is 0 Å². The molecule has 2 N–H and O–H groups in total. The molecule has 6 nitrogen and oxygen atoms in total. The summed E-state index contributed by atoms with van der Waals surface area (Å²) in [6.07, 6.45) is -2.51. The molecular weight excluding hydrogens is 212 g/mol. The lowest BCUT2D eigenvalue weighted by molar-refractivity contribution is -0.135. The van der Waals surface area contributed by atoms with Crippen molar-refractivity contribution in [1.29, 1.82) is 0 Å². The molecule has 15 heavy (non-hydrogen) atoms. The molecule has 0 aromatic heterocycles. The van der Waals surface area contributed by atoms with Gasteiger partial charge in [0.05, 0.1) is 13.2 Å². The summed E-state index contributed by atoms with van der Waals surface area (Å²) >= 11 is 0. The molecule has 8 heteroatoms. The van der Waals surface area contributed by atoms with Crippen molar-refractivity contribution in [2.75, 3.05) is 19.8 Å². The zero-order valence-corrected chi connectivity index (χ0v) is 7.63. The van der Waals surface area contributed by atoms with Crippen LogP contribution in [0.1, 0.15) is 0 Å². The van der Waals surface area contributed by atoms with Gasteiger partial charge in [-0.05, 0) is 0 Å². The van der Waals surface area contributed by atoms with Gasteiger partial charge in [0.25, 0.3) is 6.43 Å². The van der Waals surface area contributed by atoms with Crippen LogP contribution < -0.4 is 10.6 Å². The van der Waals surface area contributed by atoms with Crippen LogP contribution in [0.4, 0.5) is 8.78 Å². The third-order valence-electron chi connectivity index (χ3n) is 1.42. The number of carbonyl (C=O) groups excluding carboxylic acids is 2. The molecule has 1 heterocycles. The van der Waals surface area contributed by atoms with Gasteiger partial charge in [0.15, 0.2) is 0 Å². The first kappa shape index (κ1) is 11.5. The van der Waals surface area contributed by atoms with Gasteiger partial charge in [-0.25, -0.2) is 8.78 Å². The topological polar surface area (TPSA) is 79.8 Å². The van der Waals surface area contributed by atoms with Crippen LogP contribution >= 0.6 is 0 Å². The van der Waals surface area contributed by atoms with E-state index in [1.54, 1.807) is 0 Å². The van der Waals surface area contributed by atoms with E-state index in [1.165, 1.54) is 0 Å². The molecule has 0 saturated carbocycles. The first-order valence-corrected chi connectivity index (χ1v) is 4.12. The van der Waals surface area contributed by atoms with Gasteiger partial charge in [-0.3, -0.25) is 25.2 Å². The maximum atomic E-state index is 11.6. The Bertz CT molecular complexity index is 275. The van der Waals surface area contributed by atoms with Crippen LogP contribution in [-0.2, 0) is 14.3 Å². The van der Waals surface area contributed by atoms with Gasteiger partial charge < -0.3 is 4.74 Å². The number of aliphatic imine (C=N–C) groups is 1. The summed E-state index contributed by atoms with van der Waals surface area (Å²) in [5, 5.41) is 4.30. The van der Waals surface area contributed by atoms with Gasteiger partial charge in [-0.15, -0.1) is 0 Å². The summed E-state index contributed by atoms with van der Waals surface area (Å²) in [6, 6.07) is 0. The number of nitrogens with zero attached hydrogens (tertiary/aromatic N) is 1. The molecule has 1 aliphatic heterocycles. The van der Waals surface area contributed by atoms with Crippen molar-refractivity contribution in [2.24, 2.45) is 4.99 Å². The third-order valence-corrected chi connectivity index (χ3v) is 1.42. The number of hydrogen-bond donors (Lipinski definition) is 2. The second kappa shape index (κ2) is 5.35. The third kappa shape index (κ3) is 3.98. The van der Waals surface area contributed by atoms with Crippen molar-refractivity contribution < 1.29 is 23.1 Å². The number of hydrogen-bond acceptors (Lipinski definition) is 4. The van der Waals surface area contributed by atoms with Gasteiger partial charge in [0, 0.05) is 0 Å². The Morgan fingerprint density at radius 1 is 1.27 bits per heavy atom. The van der Waals surface area contributed by atoms with Crippen molar-refractivity contribution in [3.8, 4) is 0 Å². The average molecular weight is 221 g/mol. The molecule has 0 unspecified atom stereocenters. The molecule has 2 amide bonds. The molecule has 0 radical (unpaired) electrons. The van der Waals surface area contributed by atoms with Gasteiger partial charge in [-0.2, -0.15) is 0 Å². The molecular formula is C7H9F2N3O3. The van der Waals surface area contributed by atoms with E-state index in [9.17, 15) is 18.4 Å². The molecule has 1 rings (SSSR count). The molecule has 0 aliphatic carbocycles. The number of alkyl halides is 2. The summed E-state index contributed by atoms with van der Waals surface area (Å²) in [7, 11) is 0. The SMILES string of the molecule is O=C1NC(=NCCOCC(F)F)NC1=O. The first-order chi connectivity index (χ1) is 7.09. The van der Waals surface area contributed by atoms with E-state index in [-0.39, 0.29) is 19.1 Å². The fraction of sp³-hybridized carbons (Fsp3) is 0.571. The number of carbonyl (C=O) groups is 2. The van der Waals surface area contributed by atoms with Crippen molar-refractivity contribution >= 4 is 17.8 Å². The standard InChI is InChI=1S/C7H9F2N3O3/c8-4(9)3-15-2-1-10-7-11-5(13)6(14)12-7/h4H,1-3H2,(H2,10,11,12,13,14). The fourth-order valence-corrected chi connectivity index (χ4v) is 0.833. The van der Waals surface area contributed by atoms with Crippen LogP contribution in [0.5, 0.6) is 0 Å². The second-order valence-corrected chi connectivity index (χ2v) is 2.60. The highest BCUT2D eigenvalue weighted by Crippen LogP contribution is 1.92. The Kier molecular flexibility index (Phi) is 4.10. The molecule has 1 fully saturated rings. The lowest BCUT2D eigenvalue weighted by Gasteiger charge is -2.00. The number of ether oxygens (including phenoxy) is 1. The quantitative estimate of drug-likeness (QED) is 0.455.